The Morgan fingerprint density at radius 3 is 3.00 bits per heavy atom. The molecule has 2 aromatic rings. The Bertz CT molecular complexity index is 538. The van der Waals surface area contributed by atoms with Gasteiger partial charge in [-0.2, -0.15) is 5.10 Å². The van der Waals surface area contributed by atoms with Gasteiger partial charge >= 0.3 is 5.97 Å². The van der Waals surface area contributed by atoms with Gasteiger partial charge in [0.25, 0.3) is 0 Å². The van der Waals surface area contributed by atoms with Crippen molar-refractivity contribution < 1.29 is 13.9 Å². The first kappa shape index (κ1) is 10.1. The Balaban J connectivity index is 2.69. The number of nitrogens with one attached hydrogen (secondary N) is 1. The van der Waals surface area contributed by atoms with Gasteiger partial charge in [-0.25, -0.2) is 9.18 Å². The minimum atomic E-state index is -0.594. The van der Waals surface area contributed by atoms with E-state index < -0.39 is 11.8 Å². The summed E-state index contributed by atoms with van der Waals surface area (Å²) >= 11 is 3.04. The number of H-pyrrole nitrogens is 1. The number of hydrogen-bond acceptors (Lipinski definition) is 3. The predicted octanol–water partition coefficient (Wildman–Crippen LogP) is 2.25. The Kier molecular flexibility index (Phi) is 2.44. The summed E-state index contributed by atoms with van der Waals surface area (Å²) < 4.78 is 18.1. The Labute approximate surface area is 92.5 Å². The van der Waals surface area contributed by atoms with Crippen molar-refractivity contribution in [3.05, 3.63) is 28.1 Å². The number of carbonyl (C=O) groups excluding carboxylic acids is 1. The van der Waals surface area contributed by atoms with Gasteiger partial charge < -0.3 is 4.74 Å². The van der Waals surface area contributed by atoms with Crippen LogP contribution in [-0.4, -0.2) is 23.3 Å². The number of esters is 1. The number of aromatic nitrogens is 2. The molecular formula is C9H6BrFN2O2. The summed E-state index contributed by atoms with van der Waals surface area (Å²) in [5.74, 6) is -1.04. The third kappa shape index (κ3) is 1.61. The lowest BCUT2D eigenvalue weighted by Crippen LogP contribution is -2.02. The zero-order valence-corrected chi connectivity index (χ0v) is 9.26. The minimum Gasteiger partial charge on any atom is -0.464 e. The van der Waals surface area contributed by atoms with Crippen LogP contribution in [0.15, 0.2) is 16.6 Å². The molecule has 1 heterocycles. The molecule has 0 aliphatic rings. The summed E-state index contributed by atoms with van der Waals surface area (Å²) in [6.45, 7) is 0. The molecule has 0 spiro atoms. The molecule has 0 fully saturated rings. The molecule has 0 amide bonds. The molecule has 6 heteroatoms. The van der Waals surface area contributed by atoms with E-state index in [2.05, 4.69) is 30.9 Å². The van der Waals surface area contributed by atoms with Crippen molar-refractivity contribution in [2.24, 2.45) is 0 Å². The summed E-state index contributed by atoms with van der Waals surface area (Å²) in [5.41, 5.74) is 0.655. The number of carbonyl (C=O) groups is 1. The van der Waals surface area contributed by atoms with Crippen LogP contribution < -0.4 is 0 Å². The van der Waals surface area contributed by atoms with Crippen molar-refractivity contribution >= 4 is 32.8 Å². The number of rotatable bonds is 1. The van der Waals surface area contributed by atoms with Crippen LogP contribution in [-0.2, 0) is 4.74 Å². The van der Waals surface area contributed by atoms with Gasteiger partial charge in [0.2, 0.25) is 0 Å². The fourth-order valence-electron chi connectivity index (χ4n) is 1.26. The zero-order chi connectivity index (χ0) is 11.0. The fourth-order valence-corrected chi connectivity index (χ4v) is 1.61. The van der Waals surface area contributed by atoms with Crippen LogP contribution >= 0.6 is 15.9 Å². The zero-order valence-electron chi connectivity index (χ0n) is 7.67. The highest BCUT2D eigenvalue weighted by molar-refractivity contribution is 9.10. The van der Waals surface area contributed by atoms with Crippen molar-refractivity contribution in [3.8, 4) is 0 Å². The van der Waals surface area contributed by atoms with Gasteiger partial charge in [-0.3, -0.25) is 5.10 Å². The lowest BCUT2D eigenvalue weighted by molar-refractivity contribution is 0.0596. The summed E-state index contributed by atoms with van der Waals surface area (Å²) in [5, 5.41) is 6.79. The second-order valence-corrected chi connectivity index (χ2v) is 3.73. The number of nitrogens with zero attached hydrogens (tertiary/aromatic N) is 1. The van der Waals surface area contributed by atoms with Gasteiger partial charge in [-0.15, -0.1) is 0 Å². The van der Waals surface area contributed by atoms with Crippen molar-refractivity contribution in [1.29, 1.82) is 0 Å². The second kappa shape index (κ2) is 3.62. The highest BCUT2D eigenvalue weighted by Crippen LogP contribution is 2.24. The number of aromatic amines is 1. The number of methoxy groups -OCH3 is 1. The lowest BCUT2D eigenvalue weighted by Gasteiger charge is -1.96. The normalized spacial score (nSPS) is 10.6. The van der Waals surface area contributed by atoms with Gasteiger partial charge in [-0.05, 0) is 28.1 Å². The maximum absolute atomic E-state index is 13.2. The maximum Gasteiger partial charge on any atom is 0.359 e. The third-order valence-corrected chi connectivity index (χ3v) is 2.59. The molecule has 1 aromatic heterocycles. The first-order valence-corrected chi connectivity index (χ1v) is 4.84. The SMILES string of the molecule is COC(=O)c1n[nH]c2cc(Br)c(F)cc12. The van der Waals surface area contributed by atoms with Gasteiger partial charge in [0.05, 0.1) is 17.1 Å². The van der Waals surface area contributed by atoms with Gasteiger partial charge in [-0.1, -0.05) is 0 Å². The molecule has 0 unspecified atom stereocenters. The standard InChI is InChI=1S/C9H6BrFN2O2/c1-15-9(14)8-4-2-6(11)5(10)3-7(4)12-13-8/h2-3H,1H3,(H,12,13). The lowest BCUT2D eigenvalue weighted by atomic mass is 10.2. The van der Waals surface area contributed by atoms with E-state index >= 15 is 0 Å². The molecule has 1 aromatic carbocycles. The molecule has 0 bridgehead atoms. The van der Waals surface area contributed by atoms with E-state index in [1.165, 1.54) is 19.2 Å². The van der Waals surface area contributed by atoms with E-state index in [4.69, 9.17) is 0 Å². The fraction of sp³-hybridized carbons (Fsp3) is 0.111. The molecule has 1 N–H and O–H groups in total. The Hall–Kier alpha value is -1.43. The molecule has 15 heavy (non-hydrogen) atoms. The first-order chi connectivity index (χ1) is 7.13. The van der Waals surface area contributed by atoms with Gasteiger partial charge in [0, 0.05) is 5.39 Å². The van der Waals surface area contributed by atoms with Crippen LogP contribution in [0.5, 0.6) is 0 Å². The number of ether oxygens (including phenoxy) is 1. The van der Waals surface area contributed by atoms with E-state index in [1.54, 1.807) is 0 Å². The van der Waals surface area contributed by atoms with E-state index in [9.17, 15) is 9.18 Å². The average molecular weight is 273 g/mol. The van der Waals surface area contributed by atoms with E-state index in [-0.39, 0.29) is 5.69 Å². The summed E-state index contributed by atoms with van der Waals surface area (Å²) in [6.07, 6.45) is 0. The van der Waals surface area contributed by atoms with Crippen LogP contribution in [0.1, 0.15) is 10.5 Å². The molecule has 0 aliphatic carbocycles. The summed E-state index contributed by atoms with van der Waals surface area (Å²) in [6, 6.07) is 2.75. The first-order valence-electron chi connectivity index (χ1n) is 4.05. The Morgan fingerprint density at radius 2 is 2.33 bits per heavy atom. The average Bonchev–Trinajstić information content (AvgIpc) is 2.61. The molecule has 0 radical (unpaired) electrons. The number of benzene rings is 1. The number of hydrogen-bond donors (Lipinski definition) is 1. The van der Waals surface area contributed by atoms with Gasteiger partial charge in [0.1, 0.15) is 5.82 Å². The molecule has 4 nitrogen and oxygen atoms in total. The molecule has 0 saturated heterocycles. The van der Waals surface area contributed by atoms with Crippen LogP contribution in [0, 0.1) is 5.82 Å². The van der Waals surface area contributed by atoms with E-state index in [0.717, 1.165) is 0 Å². The Morgan fingerprint density at radius 1 is 1.60 bits per heavy atom. The molecule has 0 saturated carbocycles. The quantitative estimate of drug-likeness (QED) is 0.811. The minimum absolute atomic E-state index is 0.0823. The third-order valence-electron chi connectivity index (χ3n) is 1.98. The molecule has 0 atom stereocenters. The monoisotopic (exact) mass is 272 g/mol. The topological polar surface area (TPSA) is 55.0 Å². The van der Waals surface area contributed by atoms with Crippen LogP contribution in [0.4, 0.5) is 4.39 Å². The highest BCUT2D eigenvalue weighted by Gasteiger charge is 2.16. The van der Waals surface area contributed by atoms with E-state index in [0.29, 0.717) is 15.4 Å². The predicted molar refractivity (Wildman–Crippen MR) is 55.1 cm³/mol. The molecule has 78 valence electrons. The summed E-state index contributed by atoms with van der Waals surface area (Å²) in [4.78, 5) is 11.2. The number of halogens is 2. The summed E-state index contributed by atoms with van der Waals surface area (Å²) in [7, 11) is 1.25. The van der Waals surface area contributed by atoms with Gasteiger partial charge in [0.15, 0.2) is 5.69 Å². The molecular weight excluding hydrogens is 267 g/mol. The largest absolute Gasteiger partial charge is 0.464 e. The van der Waals surface area contributed by atoms with Crippen molar-refractivity contribution in [2.45, 2.75) is 0 Å². The van der Waals surface area contributed by atoms with E-state index in [1.807, 2.05) is 0 Å². The molecule has 2 rings (SSSR count). The second-order valence-electron chi connectivity index (χ2n) is 2.88. The number of fused-ring (bicyclic) bond motifs is 1. The highest BCUT2D eigenvalue weighted by atomic mass is 79.9. The maximum atomic E-state index is 13.2. The smallest absolute Gasteiger partial charge is 0.359 e. The van der Waals surface area contributed by atoms with Crippen LogP contribution in [0.3, 0.4) is 0 Å². The van der Waals surface area contributed by atoms with Crippen molar-refractivity contribution in [1.82, 2.24) is 10.2 Å². The van der Waals surface area contributed by atoms with Crippen molar-refractivity contribution in [2.75, 3.05) is 7.11 Å². The van der Waals surface area contributed by atoms with Crippen LogP contribution in [0.2, 0.25) is 0 Å². The molecule has 0 aliphatic heterocycles. The van der Waals surface area contributed by atoms with Crippen LogP contribution in [0.25, 0.3) is 10.9 Å². The van der Waals surface area contributed by atoms with Crippen molar-refractivity contribution in [3.63, 3.8) is 0 Å².